The van der Waals surface area contributed by atoms with Crippen LogP contribution in [0, 0.1) is 12.8 Å². The maximum atomic E-state index is 12.7. The molecule has 1 N–H and O–H groups in total. The first-order valence-electron chi connectivity index (χ1n) is 11.0. The van der Waals surface area contributed by atoms with Gasteiger partial charge in [0.05, 0.1) is 5.56 Å². The molecule has 2 amide bonds. The first-order valence-corrected chi connectivity index (χ1v) is 11.0. The van der Waals surface area contributed by atoms with E-state index in [9.17, 15) is 18.0 Å². The highest BCUT2D eigenvalue weighted by molar-refractivity contribution is 5.88. The summed E-state index contributed by atoms with van der Waals surface area (Å²) in [4.78, 5) is 22.1. The van der Waals surface area contributed by atoms with Crippen molar-refractivity contribution in [2.75, 3.05) is 18.4 Å². The first-order chi connectivity index (χ1) is 16.3. The van der Waals surface area contributed by atoms with Crippen LogP contribution < -0.4 is 10.1 Å². The van der Waals surface area contributed by atoms with Crippen LogP contribution in [0.15, 0.2) is 60.9 Å². The highest BCUT2D eigenvalue weighted by Gasteiger charge is 2.31. The molecule has 1 aliphatic rings. The van der Waals surface area contributed by atoms with Gasteiger partial charge in [0.2, 0.25) is 5.88 Å². The summed E-state index contributed by atoms with van der Waals surface area (Å²) in [6.07, 6.45) is 0.553. The molecule has 180 valence electrons. The molecule has 1 aliphatic heterocycles. The van der Waals surface area contributed by atoms with Crippen LogP contribution in [-0.4, -0.2) is 34.0 Å². The number of halogens is 3. The van der Waals surface area contributed by atoms with Crippen molar-refractivity contribution in [2.24, 2.45) is 5.92 Å². The van der Waals surface area contributed by atoms with Gasteiger partial charge in [0.1, 0.15) is 11.6 Å². The summed E-state index contributed by atoms with van der Waals surface area (Å²) in [5.41, 5.74) is 1.37. The molecule has 34 heavy (non-hydrogen) atoms. The fourth-order valence-corrected chi connectivity index (χ4v) is 3.87. The lowest BCUT2D eigenvalue weighted by molar-refractivity contribution is -0.137. The number of nitrogens with zero attached hydrogens (tertiary/aromatic N) is 3. The van der Waals surface area contributed by atoms with Crippen molar-refractivity contribution in [1.29, 1.82) is 0 Å². The molecule has 6 nitrogen and oxygen atoms in total. The number of likely N-dealkylation sites (tertiary alicyclic amines) is 1. The number of hydrogen-bond acceptors (Lipinski definition) is 4. The van der Waals surface area contributed by atoms with Crippen molar-refractivity contribution in [1.82, 2.24) is 14.9 Å². The number of carbonyl (C=O) groups excluding carboxylic acids is 1. The minimum absolute atomic E-state index is 0. The zero-order chi connectivity index (χ0) is 24.1. The Kier molecular flexibility index (Phi) is 7.00. The molecule has 0 unspecified atom stereocenters. The van der Waals surface area contributed by atoms with Crippen LogP contribution in [0.4, 0.5) is 23.8 Å². The number of aromatic nitrogens is 2. The number of ether oxygens (including phenoxy) is 1. The van der Waals surface area contributed by atoms with Gasteiger partial charge in [-0.2, -0.15) is 13.2 Å². The molecule has 0 bridgehead atoms. The Hall–Kier alpha value is -3.62. The zero-order valence-electron chi connectivity index (χ0n) is 18.7. The second kappa shape index (κ2) is 10.1. The van der Waals surface area contributed by atoms with Gasteiger partial charge in [0.15, 0.2) is 0 Å². The quantitative estimate of drug-likeness (QED) is 0.471. The molecule has 3 heterocycles. The predicted molar refractivity (Wildman–Crippen MR) is 124 cm³/mol. The SMILES string of the molecule is Cc1ccc(Oc2cccc(CC3CCN(C(=O)Nc4ccc(C(F)(F)F)cn4)CC3)c2)nc1.[HH]. The summed E-state index contributed by atoms with van der Waals surface area (Å²) >= 11 is 0. The molecular weight excluding hydrogens is 445 g/mol. The molecule has 0 aliphatic carbocycles. The summed E-state index contributed by atoms with van der Waals surface area (Å²) in [6, 6.07) is 13.4. The Morgan fingerprint density at radius 2 is 1.91 bits per heavy atom. The second-order valence-electron chi connectivity index (χ2n) is 8.42. The predicted octanol–water partition coefficient (Wildman–Crippen LogP) is 6.33. The molecule has 3 aromatic rings. The number of anilines is 1. The van der Waals surface area contributed by atoms with Gasteiger partial charge in [-0.25, -0.2) is 14.8 Å². The van der Waals surface area contributed by atoms with Gasteiger partial charge < -0.3 is 9.64 Å². The number of piperidine rings is 1. The van der Waals surface area contributed by atoms with Crippen LogP contribution in [0.5, 0.6) is 11.6 Å². The van der Waals surface area contributed by atoms with Gasteiger partial charge in [0, 0.05) is 33.0 Å². The Morgan fingerprint density at radius 1 is 1.12 bits per heavy atom. The van der Waals surface area contributed by atoms with Gasteiger partial charge in [-0.1, -0.05) is 18.2 Å². The third kappa shape index (κ3) is 6.24. The van der Waals surface area contributed by atoms with Crippen LogP contribution in [0.3, 0.4) is 0 Å². The van der Waals surface area contributed by atoms with Crippen LogP contribution in [-0.2, 0) is 12.6 Å². The van der Waals surface area contributed by atoms with E-state index < -0.39 is 11.7 Å². The van der Waals surface area contributed by atoms with Crippen molar-refractivity contribution < 1.29 is 24.1 Å². The van der Waals surface area contributed by atoms with Crippen molar-refractivity contribution in [3.63, 3.8) is 0 Å². The van der Waals surface area contributed by atoms with E-state index in [0.29, 0.717) is 31.1 Å². The van der Waals surface area contributed by atoms with Crippen LogP contribution in [0.2, 0.25) is 0 Å². The van der Waals surface area contributed by atoms with Gasteiger partial charge in [-0.15, -0.1) is 0 Å². The molecule has 0 saturated carbocycles. The summed E-state index contributed by atoms with van der Waals surface area (Å²) < 4.78 is 43.8. The molecule has 0 atom stereocenters. The molecule has 0 spiro atoms. The molecule has 1 fully saturated rings. The van der Waals surface area contributed by atoms with Crippen LogP contribution >= 0.6 is 0 Å². The average molecular weight is 473 g/mol. The van der Waals surface area contributed by atoms with Crippen molar-refractivity contribution in [3.8, 4) is 11.6 Å². The number of aryl methyl sites for hydroxylation is 1. The van der Waals surface area contributed by atoms with Crippen molar-refractivity contribution >= 4 is 11.8 Å². The lowest BCUT2D eigenvalue weighted by atomic mass is 9.90. The summed E-state index contributed by atoms with van der Waals surface area (Å²) in [5.74, 6) is 1.79. The number of pyridine rings is 2. The van der Waals surface area contributed by atoms with Gasteiger partial charge in [-0.05, 0) is 67.5 Å². The van der Waals surface area contributed by atoms with Crippen molar-refractivity contribution in [2.45, 2.75) is 32.4 Å². The topological polar surface area (TPSA) is 67.3 Å². The second-order valence-corrected chi connectivity index (χ2v) is 8.42. The molecule has 0 radical (unpaired) electrons. The smallest absolute Gasteiger partial charge is 0.417 e. The zero-order valence-corrected chi connectivity index (χ0v) is 18.7. The number of benzene rings is 1. The summed E-state index contributed by atoms with van der Waals surface area (Å²) in [6.45, 7) is 3.11. The van der Waals surface area contributed by atoms with Gasteiger partial charge >= 0.3 is 12.2 Å². The number of hydrogen-bond donors (Lipinski definition) is 1. The number of alkyl halides is 3. The van der Waals surface area contributed by atoms with Gasteiger partial charge in [0.25, 0.3) is 0 Å². The van der Waals surface area contributed by atoms with Crippen molar-refractivity contribution in [3.05, 3.63) is 77.6 Å². The van der Waals surface area contributed by atoms with E-state index >= 15 is 0 Å². The van der Waals surface area contributed by atoms with Crippen LogP contribution in [0.1, 0.15) is 31.0 Å². The molecular formula is C25H27F3N4O2. The molecule has 9 heteroatoms. The fraction of sp³-hybridized carbons (Fsp3) is 0.320. The minimum Gasteiger partial charge on any atom is -0.439 e. The molecule has 1 aromatic carbocycles. The number of nitrogens with one attached hydrogen (secondary N) is 1. The van der Waals surface area contributed by atoms with E-state index in [4.69, 9.17) is 4.74 Å². The Morgan fingerprint density at radius 3 is 2.56 bits per heavy atom. The number of carbonyl (C=O) groups is 1. The Bertz CT molecular complexity index is 1120. The van der Waals surface area contributed by atoms with E-state index in [0.717, 1.165) is 48.3 Å². The lowest BCUT2D eigenvalue weighted by Gasteiger charge is -2.32. The maximum Gasteiger partial charge on any atom is 0.417 e. The summed E-state index contributed by atoms with van der Waals surface area (Å²) in [7, 11) is 0. The fourth-order valence-electron chi connectivity index (χ4n) is 3.87. The first kappa shape index (κ1) is 23.5. The monoisotopic (exact) mass is 472 g/mol. The third-order valence-corrected chi connectivity index (χ3v) is 5.76. The van der Waals surface area contributed by atoms with E-state index in [1.165, 1.54) is 0 Å². The van der Waals surface area contributed by atoms with E-state index in [1.807, 2.05) is 37.3 Å². The Labute approximate surface area is 197 Å². The third-order valence-electron chi connectivity index (χ3n) is 5.76. The van der Waals surface area contributed by atoms with Gasteiger partial charge in [-0.3, -0.25) is 5.32 Å². The Balaban J connectivity index is 0.00000342. The highest BCUT2D eigenvalue weighted by Crippen LogP contribution is 2.29. The lowest BCUT2D eigenvalue weighted by Crippen LogP contribution is -2.41. The number of rotatable bonds is 5. The number of urea groups is 1. The van der Waals surface area contributed by atoms with Crippen LogP contribution in [0.25, 0.3) is 0 Å². The largest absolute Gasteiger partial charge is 0.439 e. The highest BCUT2D eigenvalue weighted by atomic mass is 19.4. The van der Waals surface area contributed by atoms with E-state index in [1.54, 1.807) is 11.1 Å². The average Bonchev–Trinajstić information content (AvgIpc) is 2.81. The maximum absolute atomic E-state index is 12.7. The summed E-state index contributed by atoms with van der Waals surface area (Å²) in [5, 5.41) is 2.57. The molecule has 2 aromatic heterocycles. The van der Waals surface area contributed by atoms with E-state index in [-0.39, 0.29) is 13.3 Å². The van der Waals surface area contributed by atoms with E-state index in [2.05, 4.69) is 21.4 Å². The standard InChI is InChI=1S/C25H25F3N4O2.H2/c1-17-5-8-23(30-15-17)34-21-4-2-3-19(14-21)13-18-9-11-32(12-10-18)24(33)31-22-7-6-20(16-29-22)25(26,27)28;/h2-8,14-16,18H,9-13H2,1H3,(H,29,31,33);1H. The minimum atomic E-state index is -4.46. The number of amides is 2. The molecule has 4 rings (SSSR count). The normalized spacial score (nSPS) is 14.6. The molecule has 1 saturated heterocycles.